The van der Waals surface area contributed by atoms with Crippen molar-refractivity contribution in [1.29, 1.82) is 0 Å². The predicted molar refractivity (Wildman–Crippen MR) is 191 cm³/mol. The van der Waals surface area contributed by atoms with E-state index in [1.807, 2.05) is 24.3 Å². The average Bonchev–Trinajstić information content (AvgIpc) is 2.92. The third kappa shape index (κ3) is 9.74. The summed E-state index contributed by atoms with van der Waals surface area (Å²) >= 11 is 18.4. The smallest absolute Gasteiger partial charge is 0.411 e. The zero-order valence-corrected chi connectivity index (χ0v) is 33.3. The molecule has 2 bridgehead atoms. The van der Waals surface area contributed by atoms with Crippen LogP contribution < -0.4 is 4.74 Å². The van der Waals surface area contributed by atoms with Gasteiger partial charge in [0.05, 0.1) is 30.9 Å². The highest BCUT2D eigenvalue weighted by atomic mass is 35.6. The minimum atomic E-state index is -1.93. The highest BCUT2D eigenvalue weighted by Crippen LogP contribution is 2.44. The van der Waals surface area contributed by atoms with Crippen LogP contribution >= 0.6 is 34.8 Å². The van der Waals surface area contributed by atoms with E-state index in [1.54, 1.807) is 27.7 Å². The summed E-state index contributed by atoms with van der Waals surface area (Å²) in [6.07, 6.45) is -1.12. The number of ether oxygens (including phenoxy) is 4. The number of hydrogen-bond acceptors (Lipinski definition) is 8. The molecule has 0 aliphatic carbocycles. The SMILES string of the molecule is CCOC(=O)C1=C(c2ccc(OCCO[Si](C)(C)C(C)(C)C)cc2)CC2CN(C(=O)OC(C)(C)C)CC1N2C(=O)OC(C)(C)C(Cl)(Cl)Cl. The summed E-state index contributed by atoms with van der Waals surface area (Å²) in [5.74, 6) is 0.0469. The van der Waals surface area contributed by atoms with Gasteiger partial charge in [0.2, 0.25) is 3.79 Å². The Morgan fingerprint density at radius 1 is 0.875 bits per heavy atom. The molecule has 0 spiro atoms. The van der Waals surface area contributed by atoms with Crippen LogP contribution in [0.1, 0.15) is 74.3 Å². The number of benzene rings is 1. The van der Waals surface area contributed by atoms with Gasteiger partial charge in [0.1, 0.15) is 18.0 Å². The predicted octanol–water partition coefficient (Wildman–Crippen LogP) is 8.38. The van der Waals surface area contributed by atoms with E-state index in [0.29, 0.717) is 24.5 Å². The van der Waals surface area contributed by atoms with E-state index in [2.05, 4.69) is 33.9 Å². The third-order valence-corrected chi connectivity index (χ3v) is 14.8. The molecule has 2 atom stereocenters. The minimum Gasteiger partial charge on any atom is -0.491 e. The van der Waals surface area contributed by atoms with Crippen LogP contribution in [0.2, 0.25) is 18.1 Å². The normalized spacial score (nSPS) is 19.2. The molecule has 1 fully saturated rings. The molecule has 0 aromatic heterocycles. The average molecular weight is 750 g/mol. The number of hydrogen-bond donors (Lipinski definition) is 0. The topological polar surface area (TPSA) is 104 Å². The van der Waals surface area contributed by atoms with Crippen LogP contribution in [-0.4, -0.2) is 96.3 Å². The third-order valence-electron chi connectivity index (χ3n) is 8.86. The van der Waals surface area contributed by atoms with Crippen LogP contribution in [0.15, 0.2) is 29.8 Å². The summed E-state index contributed by atoms with van der Waals surface area (Å²) in [6, 6.07) is 5.90. The highest BCUT2D eigenvalue weighted by molar-refractivity contribution is 6.74. The molecule has 1 aromatic rings. The Kier molecular flexibility index (Phi) is 12.6. The number of halogens is 3. The first kappa shape index (κ1) is 40.2. The molecule has 2 heterocycles. The molecule has 3 rings (SSSR count). The summed E-state index contributed by atoms with van der Waals surface area (Å²) < 4.78 is 27.2. The Morgan fingerprint density at radius 3 is 2.00 bits per heavy atom. The summed E-state index contributed by atoms with van der Waals surface area (Å²) in [5.41, 5.74) is -0.556. The van der Waals surface area contributed by atoms with Gasteiger partial charge in [0.25, 0.3) is 0 Å². The molecule has 270 valence electrons. The zero-order chi connectivity index (χ0) is 36.5. The number of esters is 1. The van der Waals surface area contributed by atoms with Crippen LogP contribution in [0, 0.1) is 0 Å². The number of amides is 2. The van der Waals surface area contributed by atoms with Gasteiger partial charge >= 0.3 is 18.2 Å². The largest absolute Gasteiger partial charge is 0.491 e. The lowest BCUT2D eigenvalue weighted by Gasteiger charge is -2.50. The van der Waals surface area contributed by atoms with Gasteiger partial charge in [-0.1, -0.05) is 67.7 Å². The van der Waals surface area contributed by atoms with E-state index < -0.39 is 53.6 Å². The number of rotatable bonds is 9. The molecule has 2 aliphatic heterocycles. The molecule has 0 radical (unpaired) electrons. The summed E-state index contributed by atoms with van der Waals surface area (Å²) in [6.45, 7) is 22.1. The molecule has 10 nitrogen and oxygen atoms in total. The standard InChI is InChI=1S/C34H51Cl3N2O8Si/c1-12-43-28(40)27-25(22-13-15-24(16-14-22)44-17-18-45-48(10,11)32(5,6)7)19-23-20-38(29(41)46-31(2,3)4)21-26(27)39(23)30(42)47-33(8,9)34(35,36)37/h13-16,23,26H,12,17-21H2,1-11H3. The fraction of sp³-hybridized carbons (Fsp3) is 0.676. The lowest BCUT2D eigenvalue weighted by Crippen LogP contribution is -2.66. The molecule has 2 aliphatic rings. The van der Waals surface area contributed by atoms with Gasteiger partial charge in [-0.25, -0.2) is 14.4 Å². The maximum atomic E-state index is 13.8. The number of fused-ring (bicyclic) bond motifs is 2. The Bertz CT molecular complexity index is 1360. The molecule has 48 heavy (non-hydrogen) atoms. The van der Waals surface area contributed by atoms with E-state index in [-0.39, 0.29) is 36.7 Å². The molecule has 2 amide bonds. The van der Waals surface area contributed by atoms with Gasteiger partial charge in [-0.2, -0.15) is 0 Å². The Hall–Kier alpha value is -2.18. The summed E-state index contributed by atoms with van der Waals surface area (Å²) in [5, 5.41) is 0.104. The van der Waals surface area contributed by atoms with E-state index in [0.717, 1.165) is 5.56 Å². The van der Waals surface area contributed by atoms with Gasteiger partial charge in [0.15, 0.2) is 13.9 Å². The lowest BCUT2D eigenvalue weighted by molar-refractivity contribution is -0.140. The first-order valence-electron chi connectivity index (χ1n) is 16.2. The molecule has 0 saturated carbocycles. The second-order valence-corrected chi connectivity index (χ2v) is 22.2. The molecule has 2 unspecified atom stereocenters. The van der Waals surface area contributed by atoms with Crippen LogP contribution in [-0.2, 0) is 23.4 Å². The van der Waals surface area contributed by atoms with Crippen molar-refractivity contribution < 1.29 is 37.8 Å². The van der Waals surface area contributed by atoms with Gasteiger partial charge in [0, 0.05) is 13.1 Å². The Morgan fingerprint density at radius 2 is 1.48 bits per heavy atom. The quantitative estimate of drug-likeness (QED) is 0.0816. The lowest BCUT2D eigenvalue weighted by atomic mass is 9.82. The van der Waals surface area contributed by atoms with E-state index in [1.165, 1.54) is 23.6 Å². The van der Waals surface area contributed by atoms with Crippen LogP contribution in [0.5, 0.6) is 5.75 Å². The second kappa shape index (κ2) is 15.0. The zero-order valence-electron chi connectivity index (χ0n) is 30.0. The fourth-order valence-corrected chi connectivity index (χ4v) is 6.30. The van der Waals surface area contributed by atoms with Crippen molar-refractivity contribution in [3.05, 3.63) is 35.4 Å². The maximum Gasteiger partial charge on any atom is 0.411 e. The van der Waals surface area contributed by atoms with Crippen LogP contribution in [0.3, 0.4) is 0 Å². The number of carbonyl (C=O) groups excluding carboxylic acids is 3. The van der Waals surface area contributed by atoms with Crippen molar-refractivity contribution in [1.82, 2.24) is 9.80 Å². The second-order valence-electron chi connectivity index (χ2n) is 15.1. The number of carbonyl (C=O) groups is 3. The van der Waals surface area contributed by atoms with Crippen molar-refractivity contribution in [3.8, 4) is 5.75 Å². The van der Waals surface area contributed by atoms with Gasteiger partial charge < -0.3 is 28.3 Å². The van der Waals surface area contributed by atoms with Crippen molar-refractivity contribution in [2.45, 2.75) is 114 Å². The summed E-state index contributed by atoms with van der Waals surface area (Å²) in [7, 11) is -1.89. The first-order valence-corrected chi connectivity index (χ1v) is 20.3. The molecule has 1 saturated heterocycles. The van der Waals surface area contributed by atoms with Gasteiger partial charge in [-0.15, -0.1) is 0 Å². The van der Waals surface area contributed by atoms with E-state index >= 15 is 0 Å². The van der Waals surface area contributed by atoms with Crippen molar-refractivity contribution in [2.24, 2.45) is 0 Å². The fourth-order valence-electron chi connectivity index (χ4n) is 5.16. The monoisotopic (exact) mass is 748 g/mol. The molecule has 1 aromatic carbocycles. The Balaban J connectivity index is 1.98. The van der Waals surface area contributed by atoms with Crippen molar-refractivity contribution in [2.75, 3.05) is 32.9 Å². The van der Waals surface area contributed by atoms with Crippen LogP contribution in [0.4, 0.5) is 9.59 Å². The molecule has 0 N–H and O–H groups in total. The van der Waals surface area contributed by atoms with Crippen molar-refractivity contribution in [3.63, 3.8) is 0 Å². The highest BCUT2D eigenvalue weighted by Gasteiger charge is 2.52. The van der Waals surface area contributed by atoms with E-state index in [9.17, 15) is 14.4 Å². The molecular formula is C34H51Cl3N2O8Si. The van der Waals surface area contributed by atoms with Gasteiger partial charge in [-0.3, -0.25) is 4.90 Å². The minimum absolute atomic E-state index is 0.0399. The Labute approximate surface area is 301 Å². The molecular weight excluding hydrogens is 699 g/mol. The van der Waals surface area contributed by atoms with Crippen molar-refractivity contribution >= 4 is 66.8 Å². The summed E-state index contributed by atoms with van der Waals surface area (Å²) in [4.78, 5) is 43.7. The number of piperazine rings is 1. The number of alkyl halides is 3. The maximum absolute atomic E-state index is 13.8. The van der Waals surface area contributed by atoms with E-state index in [4.69, 9.17) is 58.2 Å². The molecule has 14 heteroatoms. The first-order chi connectivity index (χ1) is 21.9. The van der Waals surface area contributed by atoms with Gasteiger partial charge in [-0.05, 0) is 89.4 Å². The van der Waals surface area contributed by atoms with Crippen LogP contribution in [0.25, 0.3) is 5.57 Å². The number of nitrogens with zero attached hydrogens (tertiary/aromatic N) is 2.